The number of nitriles is 1. The van der Waals surface area contributed by atoms with Gasteiger partial charge in [0.2, 0.25) is 0 Å². The van der Waals surface area contributed by atoms with Gasteiger partial charge < -0.3 is 20.1 Å². The Balaban J connectivity index is 2.34. The molecule has 1 atom stereocenters. The second-order valence-corrected chi connectivity index (χ2v) is 6.81. The van der Waals surface area contributed by atoms with Crippen molar-refractivity contribution >= 4 is 29.7 Å². The standard InChI is InChI=1S/C19H22N4O5S/c1-4-12-15(18(25)28-6-3)14(23-19(26)22-12)10-29-16-11(9-20)7-8-13(21-16)17(24)27-5-2/h7-8,12H,4-6,10H2,1-3H3,(H2,22,23,26)/t12-/m0/s1. The molecule has 1 aliphatic heterocycles. The number of carbonyl (C=O) groups excluding carboxylic acids is 3. The molecule has 2 N–H and O–H groups in total. The number of aromatic nitrogens is 1. The van der Waals surface area contributed by atoms with Crippen molar-refractivity contribution in [3.8, 4) is 6.07 Å². The summed E-state index contributed by atoms with van der Waals surface area (Å²) >= 11 is 1.13. The number of amides is 2. The van der Waals surface area contributed by atoms with E-state index in [1.807, 2.05) is 13.0 Å². The molecule has 1 aromatic rings. The lowest BCUT2D eigenvalue weighted by Crippen LogP contribution is -2.50. The average Bonchev–Trinajstić information content (AvgIpc) is 2.71. The number of thioether (sulfide) groups is 1. The third-order valence-electron chi connectivity index (χ3n) is 3.97. The number of pyridine rings is 1. The minimum Gasteiger partial charge on any atom is -0.463 e. The smallest absolute Gasteiger partial charge is 0.356 e. The van der Waals surface area contributed by atoms with Crippen molar-refractivity contribution in [1.82, 2.24) is 15.6 Å². The van der Waals surface area contributed by atoms with E-state index < -0.39 is 24.0 Å². The normalized spacial score (nSPS) is 15.8. The molecule has 0 fully saturated rings. The number of esters is 2. The first kappa shape index (κ1) is 22.2. The van der Waals surface area contributed by atoms with E-state index >= 15 is 0 Å². The molecule has 0 saturated heterocycles. The van der Waals surface area contributed by atoms with Crippen molar-refractivity contribution in [1.29, 1.82) is 5.26 Å². The fraction of sp³-hybridized carbons (Fsp3) is 0.421. The maximum absolute atomic E-state index is 12.4. The topological polar surface area (TPSA) is 130 Å². The van der Waals surface area contributed by atoms with Gasteiger partial charge in [0.1, 0.15) is 16.8 Å². The van der Waals surface area contributed by atoms with Gasteiger partial charge >= 0.3 is 18.0 Å². The highest BCUT2D eigenvalue weighted by Crippen LogP contribution is 2.26. The van der Waals surface area contributed by atoms with Crippen molar-refractivity contribution in [2.45, 2.75) is 38.3 Å². The number of carbonyl (C=O) groups is 3. The Morgan fingerprint density at radius 2 is 1.90 bits per heavy atom. The number of hydrogen-bond acceptors (Lipinski definition) is 8. The third kappa shape index (κ3) is 5.48. The minimum atomic E-state index is -0.591. The molecule has 0 aliphatic carbocycles. The van der Waals surface area contributed by atoms with Crippen LogP contribution in [0.15, 0.2) is 28.4 Å². The second kappa shape index (κ2) is 10.5. The van der Waals surface area contributed by atoms with Gasteiger partial charge in [-0.1, -0.05) is 18.7 Å². The summed E-state index contributed by atoms with van der Waals surface area (Å²) in [6.45, 7) is 5.64. The monoisotopic (exact) mass is 418 g/mol. The summed E-state index contributed by atoms with van der Waals surface area (Å²) in [7, 11) is 0. The van der Waals surface area contributed by atoms with Gasteiger partial charge in [0.05, 0.1) is 30.4 Å². The number of ether oxygens (including phenoxy) is 2. The van der Waals surface area contributed by atoms with Crippen molar-refractivity contribution in [3.05, 3.63) is 34.7 Å². The second-order valence-electron chi connectivity index (χ2n) is 5.84. The van der Waals surface area contributed by atoms with E-state index in [0.717, 1.165) is 11.8 Å². The lowest BCUT2D eigenvalue weighted by Gasteiger charge is -2.28. The van der Waals surface area contributed by atoms with Crippen molar-refractivity contribution in [3.63, 3.8) is 0 Å². The molecular weight excluding hydrogens is 396 g/mol. The van der Waals surface area contributed by atoms with Gasteiger partial charge in [-0.05, 0) is 32.4 Å². The summed E-state index contributed by atoms with van der Waals surface area (Å²) in [6, 6.07) is 4.02. The van der Waals surface area contributed by atoms with Crippen LogP contribution in [0.2, 0.25) is 0 Å². The van der Waals surface area contributed by atoms with Crippen LogP contribution in [0.5, 0.6) is 0 Å². The van der Waals surface area contributed by atoms with Gasteiger partial charge in [-0.3, -0.25) is 0 Å². The molecule has 1 aromatic heterocycles. The fourth-order valence-electron chi connectivity index (χ4n) is 2.67. The molecule has 1 aliphatic rings. The molecule has 10 heteroatoms. The van der Waals surface area contributed by atoms with Gasteiger partial charge in [-0.15, -0.1) is 0 Å². The van der Waals surface area contributed by atoms with Crippen LogP contribution in [0.25, 0.3) is 0 Å². The van der Waals surface area contributed by atoms with E-state index in [1.165, 1.54) is 12.1 Å². The van der Waals surface area contributed by atoms with Crippen LogP contribution >= 0.6 is 11.8 Å². The average molecular weight is 418 g/mol. The van der Waals surface area contributed by atoms with E-state index in [2.05, 4.69) is 15.6 Å². The highest BCUT2D eigenvalue weighted by Gasteiger charge is 2.31. The highest BCUT2D eigenvalue weighted by molar-refractivity contribution is 7.99. The predicted molar refractivity (Wildman–Crippen MR) is 105 cm³/mol. The Hall–Kier alpha value is -3.06. The highest BCUT2D eigenvalue weighted by atomic mass is 32.2. The Morgan fingerprint density at radius 1 is 1.21 bits per heavy atom. The van der Waals surface area contributed by atoms with Crippen LogP contribution in [-0.4, -0.2) is 48.0 Å². The number of nitrogens with zero attached hydrogens (tertiary/aromatic N) is 2. The van der Waals surface area contributed by atoms with Gasteiger partial charge in [0.15, 0.2) is 0 Å². The Labute approximate surface area is 172 Å². The Morgan fingerprint density at radius 3 is 2.52 bits per heavy atom. The first-order valence-corrected chi connectivity index (χ1v) is 10.1. The van der Waals surface area contributed by atoms with Gasteiger partial charge in [-0.2, -0.15) is 5.26 Å². The molecule has 29 heavy (non-hydrogen) atoms. The Kier molecular flexibility index (Phi) is 8.03. The number of nitrogens with one attached hydrogen (secondary N) is 2. The van der Waals surface area contributed by atoms with E-state index in [4.69, 9.17) is 9.47 Å². The third-order valence-corrected chi connectivity index (χ3v) is 4.98. The van der Waals surface area contributed by atoms with Gasteiger partial charge in [0, 0.05) is 11.4 Å². The molecular formula is C19H22N4O5S. The van der Waals surface area contributed by atoms with Crippen LogP contribution in [-0.2, 0) is 14.3 Å². The molecule has 0 spiro atoms. The first-order chi connectivity index (χ1) is 13.9. The minimum absolute atomic E-state index is 0.0775. The quantitative estimate of drug-likeness (QED) is 0.485. The van der Waals surface area contributed by atoms with Crippen LogP contribution in [0, 0.1) is 11.3 Å². The number of rotatable bonds is 8. The largest absolute Gasteiger partial charge is 0.463 e. The molecule has 0 radical (unpaired) electrons. The molecule has 2 amide bonds. The lowest BCUT2D eigenvalue weighted by atomic mass is 10.0. The van der Waals surface area contributed by atoms with Crippen LogP contribution in [0.1, 0.15) is 43.2 Å². The van der Waals surface area contributed by atoms with Crippen LogP contribution in [0.4, 0.5) is 4.79 Å². The summed E-state index contributed by atoms with van der Waals surface area (Å²) in [5.41, 5.74) is 1.07. The first-order valence-electron chi connectivity index (χ1n) is 9.13. The Bertz CT molecular complexity index is 878. The molecule has 0 bridgehead atoms. The summed E-state index contributed by atoms with van der Waals surface area (Å²) in [6.07, 6.45) is 0.510. The SMILES string of the molecule is CCOC(=O)C1=C(CSc2nc(C(=O)OCC)ccc2C#N)NC(=O)N[C@H]1CC. The summed E-state index contributed by atoms with van der Waals surface area (Å²) in [4.78, 5) is 40.5. The lowest BCUT2D eigenvalue weighted by molar-refractivity contribution is -0.139. The number of urea groups is 1. The predicted octanol–water partition coefficient (Wildman–Crippen LogP) is 2.13. The van der Waals surface area contributed by atoms with Crippen molar-refractivity contribution in [2.75, 3.05) is 19.0 Å². The molecule has 9 nitrogen and oxygen atoms in total. The number of hydrogen-bond donors (Lipinski definition) is 2. The molecule has 2 heterocycles. The van der Waals surface area contributed by atoms with Crippen LogP contribution < -0.4 is 10.6 Å². The molecule has 154 valence electrons. The van der Waals surface area contributed by atoms with Crippen molar-refractivity contribution in [2.24, 2.45) is 0 Å². The van der Waals surface area contributed by atoms with Gasteiger partial charge in [0.25, 0.3) is 0 Å². The summed E-state index contributed by atoms with van der Waals surface area (Å²) in [5, 5.41) is 15.0. The maximum atomic E-state index is 12.4. The fourth-order valence-corrected chi connectivity index (χ4v) is 3.61. The zero-order chi connectivity index (χ0) is 21.4. The van der Waals surface area contributed by atoms with Crippen LogP contribution in [0.3, 0.4) is 0 Å². The van der Waals surface area contributed by atoms with E-state index in [9.17, 15) is 19.6 Å². The molecule has 0 aromatic carbocycles. The zero-order valence-electron chi connectivity index (χ0n) is 16.4. The molecule has 0 saturated carbocycles. The zero-order valence-corrected chi connectivity index (χ0v) is 17.2. The van der Waals surface area contributed by atoms with E-state index in [0.29, 0.717) is 22.7 Å². The van der Waals surface area contributed by atoms with Gasteiger partial charge in [-0.25, -0.2) is 19.4 Å². The maximum Gasteiger partial charge on any atom is 0.356 e. The molecule has 0 unspecified atom stereocenters. The van der Waals surface area contributed by atoms with E-state index in [1.54, 1.807) is 13.8 Å². The van der Waals surface area contributed by atoms with E-state index in [-0.39, 0.29) is 30.2 Å². The molecule has 2 rings (SSSR count). The summed E-state index contributed by atoms with van der Waals surface area (Å²) in [5.74, 6) is -0.950. The van der Waals surface area contributed by atoms with Crippen molar-refractivity contribution < 1.29 is 23.9 Å². The summed E-state index contributed by atoms with van der Waals surface area (Å²) < 4.78 is 10.1.